The molecule has 1 amide bonds. The van der Waals surface area contributed by atoms with Crippen LogP contribution in [0.15, 0.2) is 48.2 Å². The second-order valence-electron chi connectivity index (χ2n) is 7.95. The second kappa shape index (κ2) is 6.89. The molecule has 7 nitrogen and oxygen atoms in total. The lowest BCUT2D eigenvalue weighted by molar-refractivity contribution is -0.120. The maximum Gasteiger partial charge on any atom is 0.267 e. The smallest absolute Gasteiger partial charge is 0.267 e. The largest absolute Gasteiger partial charge is 0.354 e. The van der Waals surface area contributed by atoms with Crippen LogP contribution in [-0.4, -0.2) is 37.7 Å². The Morgan fingerprint density at radius 2 is 2.03 bits per heavy atom. The van der Waals surface area contributed by atoms with Crippen molar-refractivity contribution >= 4 is 12.0 Å². The molecule has 1 N–H and O–H groups in total. The van der Waals surface area contributed by atoms with E-state index in [4.69, 9.17) is 5.26 Å². The summed E-state index contributed by atoms with van der Waals surface area (Å²) in [5.74, 6) is 1.65. The summed E-state index contributed by atoms with van der Waals surface area (Å²) >= 11 is 0. The zero-order valence-corrected chi connectivity index (χ0v) is 16.2. The van der Waals surface area contributed by atoms with Gasteiger partial charge in [0.05, 0.1) is 24.1 Å². The van der Waals surface area contributed by atoms with Gasteiger partial charge in [0, 0.05) is 12.6 Å². The lowest BCUT2D eigenvalue weighted by atomic mass is 9.81. The Morgan fingerprint density at radius 3 is 2.79 bits per heavy atom. The summed E-state index contributed by atoms with van der Waals surface area (Å²) in [6.07, 6.45) is 7.60. The zero-order valence-electron chi connectivity index (χ0n) is 16.2. The van der Waals surface area contributed by atoms with Gasteiger partial charge in [-0.15, -0.1) is 10.2 Å². The predicted octanol–water partition coefficient (Wildman–Crippen LogP) is 2.34. The molecule has 2 aromatic rings. The molecule has 2 aliphatic heterocycles. The average molecular weight is 386 g/mol. The topological polar surface area (TPSA) is 86.8 Å². The minimum absolute atomic E-state index is 0.0114. The highest BCUT2D eigenvalue weighted by Gasteiger charge is 2.41. The Labute approximate surface area is 169 Å². The molecule has 1 saturated carbocycles. The van der Waals surface area contributed by atoms with Gasteiger partial charge < -0.3 is 14.8 Å². The van der Waals surface area contributed by atoms with Crippen LogP contribution < -0.4 is 5.32 Å². The first-order valence-electron chi connectivity index (χ1n) is 9.96. The minimum Gasteiger partial charge on any atom is -0.354 e. The molecule has 1 aromatic heterocycles. The summed E-state index contributed by atoms with van der Waals surface area (Å²) < 4.78 is 2.10. The third kappa shape index (κ3) is 3.01. The molecule has 0 radical (unpaired) electrons. The molecule has 7 heteroatoms. The highest BCUT2D eigenvalue weighted by molar-refractivity contribution is 5.94. The van der Waals surface area contributed by atoms with E-state index in [1.165, 1.54) is 0 Å². The SMILES string of the molecule is Cc1nnc2n1C1C=C(C(=O)N[C@H]3C[C@@H](C#N)C3)N(Cc3ccccc3)C1C=C2. The number of rotatable bonds is 4. The van der Waals surface area contributed by atoms with Crippen LogP contribution in [0, 0.1) is 24.2 Å². The van der Waals surface area contributed by atoms with Gasteiger partial charge in [-0.25, -0.2) is 0 Å². The normalized spacial score (nSPS) is 26.8. The molecule has 0 saturated heterocycles. The number of fused-ring (bicyclic) bond motifs is 3. The van der Waals surface area contributed by atoms with E-state index in [9.17, 15) is 4.79 Å². The van der Waals surface area contributed by atoms with Crippen molar-refractivity contribution in [3.8, 4) is 6.07 Å². The van der Waals surface area contributed by atoms with Crippen LogP contribution in [0.5, 0.6) is 0 Å². The fourth-order valence-corrected chi connectivity index (χ4v) is 4.48. The van der Waals surface area contributed by atoms with Gasteiger partial charge in [-0.3, -0.25) is 4.79 Å². The number of amides is 1. The number of aromatic nitrogens is 3. The maximum absolute atomic E-state index is 13.2. The summed E-state index contributed by atoms with van der Waals surface area (Å²) in [7, 11) is 0. The third-order valence-electron chi connectivity index (χ3n) is 6.07. The van der Waals surface area contributed by atoms with Crippen molar-refractivity contribution in [2.24, 2.45) is 5.92 Å². The summed E-state index contributed by atoms with van der Waals surface area (Å²) in [6, 6.07) is 12.6. The predicted molar refractivity (Wildman–Crippen MR) is 107 cm³/mol. The number of carbonyl (C=O) groups is 1. The molecule has 0 bridgehead atoms. The van der Waals surface area contributed by atoms with E-state index in [0.29, 0.717) is 12.2 Å². The number of nitrogens with one attached hydrogen (secondary N) is 1. The monoisotopic (exact) mass is 386 g/mol. The third-order valence-corrected chi connectivity index (χ3v) is 6.07. The van der Waals surface area contributed by atoms with E-state index >= 15 is 0 Å². The highest BCUT2D eigenvalue weighted by Crippen LogP contribution is 2.38. The number of benzene rings is 1. The second-order valence-corrected chi connectivity index (χ2v) is 7.95. The summed E-state index contributed by atoms with van der Waals surface area (Å²) in [6.45, 7) is 2.59. The molecule has 1 aromatic carbocycles. The van der Waals surface area contributed by atoms with Crippen molar-refractivity contribution in [3.05, 3.63) is 65.4 Å². The summed E-state index contributed by atoms with van der Waals surface area (Å²) in [5.41, 5.74) is 1.83. The van der Waals surface area contributed by atoms with Gasteiger partial charge >= 0.3 is 0 Å². The van der Waals surface area contributed by atoms with Crippen LogP contribution >= 0.6 is 0 Å². The van der Waals surface area contributed by atoms with Gasteiger partial charge in [0.2, 0.25) is 0 Å². The van der Waals surface area contributed by atoms with Crippen molar-refractivity contribution in [3.63, 3.8) is 0 Å². The Morgan fingerprint density at radius 1 is 1.24 bits per heavy atom. The first kappa shape index (κ1) is 17.7. The van der Waals surface area contributed by atoms with Crippen molar-refractivity contribution < 1.29 is 4.79 Å². The Balaban J connectivity index is 1.45. The van der Waals surface area contributed by atoms with Crippen LogP contribution in [0.3, 0.4) is 0 Å². The average Bonchev–Trinajstić information content (AvgIpc) is 3.26. The van der Waals surface area contributed by atoms with Crippen molar-refractivity contribution in [1.29, 1.82) is 5.26 Å². The quantitative estimate of drug-likeness (QED) is 0.872. The Bertz CT molecular complexity index is 1040. The van der Waals surface area contributed by atoms with E-state index in [1.54, 1.807) is 0 Å². The van der Waals surface area contributed by atoms with Gasteiger partial charge in [0.1, 0.15) is 11.5 Å². The van der Waals surface area contributed by atoms with Gasteiger partial charge in [-0.05, 0) is 37.5 Å². The van der Waals surface area contributed by atoms with E-state index in [2.05, 4.69) is 49.3 Å². The molecule has 29 heavy (non-hydrogen) atoms. The zero-order chi connectivity index (χ0) is 20.0. The van der Waals surface area contributed by atoms with E-state index in [-0.39, 0.29) is 30.0 Å². The summed E-state index contributed by atoms with van der Waals surface area (Å²) in [4.78, 5) is 15.3. The number of nitriles is 1. The fourth-order valence-electron chi connectivity index (χ4n) is 4.48. The number of aryl methyl sites for hydroxylation is 1. The molecule has 3 aliphatic rings. The van der Waals surface area contributed by atoms with Gasteiger partial charge in [-0.1, -0.05) is 36.4 Å². The molecule has 2 unspecified atom stereocenters. The van der Waals surface area contributed by atoms with Gasteiger partial charge in [0.25, 0.3) is 5.91 Å². The molecule has 146 valence electrons. The molecule has 0 spiro atoms. The molecule has 5 rings (SSSR count). The van der Waals surface area contributed by atoms with Crippen molar-refractivity contribution in [2.45, 2.75) is 44.4 Å². The van der Waals surface area contributed by atoms with Crippen LogP contribution in [0.2, 0.25) is 0 Å². The lowest BCUT2D eigenvalue weighted by Crippen LogP contribution is -2.47. The number of hydrogen-bond acceptors (Lipinski definition) is 5. The molecule has 3 heterocycles. The standard InChI is InChI=1S/C22H22N6O/c1-14-25-26-21-8-7-18-19(28(14)21)11-20(22(29)24-17-9-16(10-17)12-23)27(18)13-15-5-3-2-4-6-15/h2-8,11,16-19H,9-10,13H2,1H3,(H,24,29)/t16-,17+,18?,19?. The maximum atomic E-state index is 13.2. The fraction of sp³-hybridized carbons (Fsp3) is 0.364. The molecular formula is C22H22N6O. The van der Waals surface area contributed by atoms with E-state index < -0.39 is 0 Å². The Hall–Kier alpha value is -3.40. The highest BCUT2D eigenvalue weighted by atomic mass is 16.2. The van der Waals surface area contributed by atoms with E-state index in [1.807, 2.05) is 37.3 Å². The van der Waals surface area contributed by atoms with Crippen LogP contribution in [-0.2, 0) is 11.3 Å². The van der Waals surface area contributed by atoms with Crippen molar-refractivity contribution in [1.82, 2.24) is 25.0 Å². The number of hydrogen-bond donors (Lipinski definition) is 1. The number of carbonyl (C=O) groups excluding carboxylic acids is 1. The van der Waals surface area contributed by atoms with Gasteiger partial charge in [-0.2, -0.15) is 5.26 Å². The van der Waals surface area contributed by atoms with Crippen molar-refractivity contribution in [2.75, 3.05) is 0 Å². The summed E-state index contributed by atoms with van der Waals surface area (Å²) in [5, 5.41) is 20.5. The van der Waals surface area contributed by atoms with Crippen LogP contribution in [0.1, 0.15) is 36.1 Å². The molecular weight excluding hydrogens is 364 g/mol. The first-order chi connectivity index (χ1) is 14.1. The Kier molecular flexibility index (Phi) is 4.20. The van der Waals surface area contributed by atoms with Gasteiger partial charge in [0.15, 0.2) is 5.82 Å². The lowest BCUT2D eigenvalue weighted by Gasteiger charge is -2.35. The molecule has 1 aliphatic carbocycles. The van der Waals surface area contributed by atoms with Crippen LogP contribution in [0.25, 0.3) is 6.08 Å². The van der Waals surface area contributed by atoms with Crippen LogP contribution in [0.4, 0.5) is 0 Å². The molecule has 2 atom stereocenters. The minimum atomic E-state index is -0.0719. The first-order valence-corrected chi connectivity index (χ1v) is 9.96. The molecule has 1 fully saturated rings. The van der Waals surface area contributed by atoms with E-state index in [0.717, 1.165) is 30.1 Å². The number of nitrogens with zero attached hydrogens (tertiary/aromatic N) is 5.